The van der Waals surface area contributed by atoms with Crippen molar-refractivity contribution in [3.63, 3.8) is 0 Å². The molecule has 1 aromatic rings. The molecule has 2 aliphatic carbocycles. The molecule has 2 bridgehead atoms. The SMILES string of the molecule is O=C(O)c1cccc(N2C(=O)C3C4CC(C(O)C4O)C3C2=O)c1. The number of aliphatic hydroxyl groups excluding tert-OH is 2. The number of hydrogen-bond donors (Lipinski definition) is 3. The Labute approximate surface area is 131 Å². The standard InChI is InChI=1S/C16H15NO6/c18-12-8-5-9(13(12)19)11-10(8)14(20)17(15(11)21)7-3-1-2-6(4-7)16(22)23/h1-4,8-13,18-19H,5H2,(H,22,23). The third kappa shape index (κ3) is 1.74. The van der Waals surface area contributed by atoms with E-state index in [1.54, 1.807) is 0 Å². The van der Waals surface area contributed by atoms with Crippen LogP contribution in [0.1, 0.15) is 16.8 Å². The van der Waals surface area contributed by atoms with Gasteiger partial charge in [-0.15, -0.1) is 0 Å². The molecule has 2 saturated carbocycles. The summed E-state index contributed by atoms with van der Waals surface area (Å²) in [5.74, 6) is -4.05. The van der Waals surface area contributed by atoms with E-state index < -0.39 is 53.7 Å². The first-order valence-electron chi connectivity index (χ1n) is 7.49. The number of anilines is 1. The Kier molecular flexibility index (Phi) is 2.88. The summed E-state index contributed by atoms with van der Waals surface area (Å²) in [5, 5.41) is 29.1. The maximum absolute atomic E-state index is 12.7. The second kappa shape index (κ2) is 4.62. The van der Waals surface area contributed by atoms with Crippen molar-refractivity contribution in [2.75, 3.05) is 4.90 Å². The molecule has 2 amide bonds. The summed E-state index contributed by atoms with van der Waals surface area (Å²) in [7, 11) is 0. The maximum atomic E-state index is 12.7. The summed E-state index contributed by atoms with van der Waals surface area (Å²) in [4.78, 5) is 37.5. The van der Waals surface area contributed by atoms with Crippen LogP contribution >= 0.6 is 0 Å². The number of rotatable bonds is 2. The van der Waals surface area contributed by atoms with E-state index in [2.05, 4.69) is 0 Å². The van der Waals surface area contributed by atoms with Crippen LogP contribution in [-0.4, -0.2) is 45.3 Å². The first-order chi connectivity index (χ1) is 10.9. The van der Waals surface area contributed by atoms with E-state index in [0.717, 1.165) is 4.90 Å². The molecule has 7 nitrogen and oxygen atoms in total. The topological polar surface area (TPSA) is 115 Å². The molecule has 0 aromatic heterocycles. The van der Waals surface area contributed by atoms with Crippen LogP contribution in [0.4, 0.5) is 5.69 Å². The van der Waals surface area contributed by atoms with Gasteiger partial charge in [-0.25, -0.2) is 4.79 Å². The fourth-order valence-electron chi connectivity index (χ4n) is 4.46. The number of carbonyl (C=O) groups excluding carboxylic acids is 2. The van der Waals surface area contributed by atoms with Crippen LogP contribution in [0, 0.1) is 23.7 Å². The molecule has 3 N–H and O–H groups in total. The first kappa shape index (κ1) is 14.3. The van der Waals surface area contributed by atoms with E-state index in [0.29, 0.717) is 6.42 Å². The number of amides is 2. The maximum Gasteiger partial charge on any atom is 0.335 e. The molecule has 0 spiro atoms. The summed E-state index contributed by atoms with van der Waals surface area (Å²) < 4.78 is 0. The van der Waals surface area contributed by atoms with Gasteiger partial charge < -0.3 is 15.3 Å². The molecule has 0 radical (unpaired) electrons. The highest BCUT2D eigenvalue weighted by Gasteiger charge is 2.67. The van der Waals surface area contributed by atoms with Crippen molar-refractivity contribution in [2.24, 2.45) is 23.7 Å². The molecule has 1 aromatic carbocycles. The lowest BCUT2D eigenvalue weighted by Gasteiger charge is -2.29. The van der Waals surface area contributed by atoms with Gasteiger partial charge in [-0.2, -0.15) is 0 Å². The summed E-state index contributed by atoms with van der Waals surface area (Å²) in [5.41, 5.74) is 0.209. The van der Waals surface area contributed by atoms with Crippen molar-refractivity contribution in [1.29, 1.82) is 0 Å². The summed E-state index contributed by atoms with van der Waals surface area (Å²) in [6, 6.07) is 5.66. The Morgan fingerprint density at radius 3 is 2.13 bits per heavy atom. The van der Waals surface area contributed by atoms with Crippen LogP contribution in [0.15, 0.2) is 24.3 Å². The molecule has 3 fully saturated rings. The minimum absolute atomic E-state index is 0.0109. The number of nitrogens with zero attached hydrogens (tertiary/aromatic N) is 1. The number of carbonyl (C=O) groups is 3. The number of fused-ring (bicyclic) bond motifs is 5. The van der Waals surface area contributed by atoms with Crippen LogP contribution in [0.2, 0.25) is 0 Å². The van der Waals surface area contributed by atoms with Crippen molar-refractivity contribution in [3.05, 3.63) is 29.8 Å². The Bertz CT molecular complexity index is 699. The minimum Gasteiger partial charge on any atom is -0.478 e. The van der Waals surface area contributed by atoms with Gasteiger partial charge in [0.05, 0.1) is 35.3 Å². The molecule has 4 rings (SSSR count). The number of hydrogen-bond acceptors (Lipinski definition) is 5. The highest BCUT2D eigenvalue weighted by atomic mass is 16.4. The number of carboxylic acid groups (broad SMARTS) is 1. The van der Waals surface area contributed by atoms with Gasteiger partial charge >= 0.3 is 5.97 Å². The van der Waals surface area contributed by atoms with Crippen LogP contribution in [0.25, 0.3) is 0 Å². The number of aromatic carboxylic acids is 1. The second-order valence-corrected chi connectivity index (χ2v) is 6.46. The third-order valence-electron chi connectivity index (χ3n) is 5.44. The molecule has 6 unspecified atom stereocenters. The zero-order valence-electron chi connectivity index (χ0n) is 12.0. The van der Waals surface area contributed by atoms with Crippen LogP contribution < -0.4 is 4.90 Å². The van der Waals surface area contributed by atoms with E-state index in [-0.39, 0.29) is 11.3 Å². The minimum atomic E-state index is -1.14. The highest BCUT2D eigenvalue weighted by Crippen LogP contribution is 2.56. The fourth-order valence-corrected chi connectivity index (χ4v) is 4.46. The molecular weight excluding hydrogens is 302 g/mol. The average Bonchev–Trinajstić information content (AvgIpc) is 3.12. The highest BCUT2D eigenvalue weighted by molar-refractivity contribution is 6.22. The molecule has 23 heavy (non-hydrogen) atoms. The molecule has 7 heteroatoms. The smallest absolute Gasteiger partial charge is 0.335 e. The Hall–Kier alpha value is -2.25. The van der Waals surface area contributed by atoms with Crippen molar-refractivity contribution in [2.45, 2.75) is 18.6 Å². The van der Waals surface area contributed by atoms with Gasteiger partial charge in [0.2, 0.25) is 11.8 Å². The zero-order valence-corrected chi connectivity index (χ0v) is 12.0. The fraction of sp³-hybridized carbons (Fsp3) is 0.438. The lowest BCUT2D eigenvalue weighted by atomic mass is 9.78. The molecule has 1 heterocycles. The first-order valence-corrected chi connectivity index (χ1v) is 7.49. The molecule has 6 atom stereocenters. The van der Waals surface area contributed by atoms with Gasteiger partial charge in [0, 0.05) is 11.8 Å². The van der Waals surface area contributed by atoms with Crippen molar-refractivity contribution in [3.8, 4) is 0 Å². The number of benzene rings is 1. The van der Waals surface area contributed by atoms with Crippen molar-refractivity contribution < 1.29 is 29.7 Å². The zero-order chi connectivity index (χ0) is 16.5. The summed E-state index contributed by atoms with van der Waals surface area (Å²) in [6.45, 7) is 0. The number of carboxylic acids is 1. The lowest BCUT2D eigenvalue weighted by molar-refractivity contribution is -0.129. The van der Waals surface area contributed by atoms with Gasteiger partial charge in [-0.05, 0) is 24.6 Å². The quantitative estimate of drug-likeness (QED) is 0.654. The number of aliphatic hydroxyl groups is 2. The van der Waals surface area contributed by atoms with Gasteiger partial charge in [0.25, 0.3) is 0 Å². The molecule has 1 aliphatic heterocycles. The Morgan fingerprint density at radius 2 is 1.61 bits per heavy atom. The van der Waals surface area contributed by atoms with Crippen molar-refractivity contribution in [1.82, 2.24) is 0 Å². The van der Waals surface area contributed by atoms with Crippen molar-refractivity contribution >= 4 is 23.5 Å². The molecule has 1 saturated heterocycles. The lowest BCUT2D eigenvalue weighted by Crippen LogP contribution is -2.43. The van der Waals surface area contributed by atoms with Gasteiger partial charge in [0.1, 0.15) is 0 Å². The van der Waals surface area contributed by atoms with E-state index in [9.17, 15) is 24.6 Å². The molecule has 3 aliphatic rings. The second-order valence-electron chi connectivity index (χ2n) is 6.46. The predicted molar refractivity (Wildman–Crippen MR) is 76.5 cm³/mol. The average molecular weight is 317 g/mol. The predicted octanol–water partition coefficient (Wildman–Crippen LogP) is -0.138. The van der Waals surface area contributed by atoms with Crippen LogP contribution in [0.5, 0.6) is 0 Å². The van der Waals surface area contributed by atoms with E-state index >= 15 is 0 Å². The van der Waals surface area contributed by atoms with Gasteiger partial charge in [0.15, 0.2) is 0 Å². The van der Waals surface area contributed by atoms with E-state index in [1.165, 1.54) is 24.3 Å². The number of imide groups is 1. The molecular formula is C16H15NO6. The van der Waals surface area contributed by atoms with E-state index in [1.807, 2.05) is 0 Å². The Morgan fingerprint density at radius 1 is 1.04 bits per heavy atom. The Balaban J connectivity index is 1.73. The largest absolute Gasteiger partial charge is 0.478 e. The van der Waals surface area contributed by atoms with Crippen LogP contribution in [-0.2, 0) is 9.59 Å². The summed E-state index contributed by atoms with van der Waals surface area (Å²) in [6.07, 6.45) is -1.50. The van der Waals surface area contributed by atoms with E-state index in [4.69, 9.17) is 5.11 Å². The summed E-state index contributed by atoms with van der Waals surface area (Å²) >= 11 is 0. The van der Waals surface area contributed by atoms with Crippen LogP contribution in [0.3, 0.4) is 0 Å². The monoisotopic (exact) mass is 317 g/mol. The van der Waals surface area contributed by atoms with Gasteiger partial charge in [-0.3, -0.25) is 14.5 Å². The molecule has 120 valence electrons. The normalized spacial score (nSPS) is 38.3. The third-order valence-corrected chi connectivity index (χ3v) is 5.44. The van der Waals surface area contributed by atoms with Gasteiger partial charge in [-0.1, -0.05) is 6.07 Å².